The van der Waals surface area contributed by atoms with Gasteiger partial charge in [-0.05, 0) is 24.8 Å². The molecule has 3 rings (SSSR count). The fourth-order valence-electron chi connectivity index (χ4n) is 2.52. The van der Waals surface area contributed by atoms with Crippen molar-refractivity contribution in [2.24, 2.45) is 11.8 Å². The molecular formula is C12H17N5OS. The summed E-state index contributed by atoms with van der Waals surface area (Å²) in [6.45, 7) is 3.58. The van der Waals surface area contributed by atoms with Crippen LogP contribution in [0.1, 0.15) is 13.3 Å². The Kier molecular flexibility index (Phi) is 3.26. The van der Waals surface area contributed by atoms with Crippen molar-refractivity contribution in [2.75, 3.05) is 23.4 Å². The lowest BCUT2D eigenvalue weighted by Gasteiger charge is -2.19. The smallest absolute Gasteiger partial charge is 0.240 e. The van der Waals surface area contributed by atoms with Gasteiger partial charge in [0.2, 0.25) is 5.95 Å². The predicted molar refractivity (Wildman–Crippen MR) is 77.2 cm³/mol. The molecule has 6 nitrogen and oxygen atoms in total. The molecule has 2 aromatic rings. The number of aliphatic hydroxyl groups is 1. The van der Waals surface area contributed by atoms with Gasteiger partial charge in [0, 0.05) is 19.0 Å². The fraction of sp³-hybridized carbons (Fsp3) is 0.500. The van der Waals surface area contributed by atoms with Crippen molar-refractivity contribution in [2.45, 2.75) is 19.4 Å². The number of nitrogens with one attached hydrogen (secondary N) is 1. The lowest BCUT2D eigenvalue weighted by molar-refractivity contribution is 0.136. The van der Waals surface area contributed by atoms with Crippen LogP contribution in [0, 0.1) is 5.92 Å². The van der Waals surface area contributed by atoms with Crippen LogP contribution in [0.4, 0.5) is 11.8 Å². The van der Waals surface area contributed by atoms with E-state index in [-0.39, 0.29) is 6.10 Å². The second-order valence-electron chi connectivity index (χ2n) is 4.89. The first-order chi connectivity index (χ1) is 9.19. The molecule has 19 heavy (non-hydrogen) atoms. The molecule has 2 aromatic heterocycles. The minimum Gasteiger partial charge on any atom is -0.393 e. The molecule has 0 bridgehead atoms. The van der Waals surface area contributed by atoms with E-state index in [0.29, 0.717) is 11.9 Å². The van der Waals surface area contributed by atoms with Gasteiger partial charge in [0.15, 0.2) is 0 Å². The number of aliphatic hydroxyl groups excluding tert-OH is 1. The van der Waals surface area contributed by atoms with E-state index >= 15 is 0 Å². The zero-order valence-electron chi connectivity index (χ0n) is 10.7. The third-order valence-corrected chi connectivity index (χ3v) is 4.45. The molecule has 0 amide bonds. The van der Waals surface area contributed by atoms with Crippen LogP contribution in [0.25, 0.3) is 10.2 Å². The average molecular weight is 279 g/mol. The molecule has 2 atom stereocenters. The van der Waals surface area contributed by atoms with Gasteiger partial charge in [-0.1, -0.05) is 0 Å². The van der Waals surface area contributed by atoms with Gasteiger partial charge < -0.3 is 10.0 Å². The van der Waals surface area contributed by atoms with E-state index in [2.05, 4.69) is 20.3 Å². The number of hydrogen-bond acceptors (Lipinski definition) is 7. The van der Waals surface area contributed by atoms with E-state index in [1.165, 1.54) is 0 Å². The Balaban J connectivity index is 1.98. The molecule has 1 fully saturated rings. The molecule has 0 saturated carbocycles. The zero-order chi connectivity index (χ0) is 13.4. The second kappa shape index (κ2) is 4.92. The summed E-state index contributed by atoms with van der Waals surface area (Å²) in [6.07, 6.45) is 0.704. The molecule has 0 aromatic carbocycles. The maximum Gasteiger partial charge on any atom is 0.240 e. The number of rotatable bonds is 3. The van der Waals surface area contributed by atoms with Crippen LogP contribution in [-0.2, 0) is 0 Å². The van der Waals surface area contributed by atoms with Crippen LogP contribution in [0.3, 0.4) is 0 Å². The summed E-state index contributed by atoms with van der Waals surface area (Å²) in [4.78, 5) is 11.9. The standard InChI is InChI=1S/C12H17N5OS/c1-7(18)8-2-4-17(6-8)10-9-3-5-19-11(9)15-12(14-10)16-13/h3,5,7-8,18H,2,4,6,13H2,1H3,(H,14,15,16). The number of hydrazine groups is 1. The maximum absolute atomic E-state index is 9.70. The summed E-state index contributed by atoms with van der Waals surface area (Å²) in [5.41, 5.74) is 2.52. The van der Waals surface area contributed by atoms with Gasteiger partial charge in [-0.2, -0.15) is 4.98 Å². The lowest BCUT2D eigenvalue weighted by Crippen LogP contribution is -2.25. The number of thiophene rings is 1. The van der Waals surface area contributed by atoms with Crippen molar-refractivity contribution in [1.82, 2.24) is 9.97 Å². The Morgan fingerprint density at radius 2 is 2.42 bits per heavy atom. The molecule has 4 N–H and O–H groups in total. The van der Waals surface area contributed by atoms with Crippen molar-refractivity contribution >= 4 is 33.3 Å². The first-order valence-corrected chi connectivity index (χ1v) is 7.22. The van der Waals surface area contributed by atoms with E-state index in [1.807, 2.05) is 18.4 Å². The quantitative estimate of drug-likeness (QED) is 0.578. The summed E-state index contributed by atoms with van der Waals surface area (Å²) in [6, 6.07) is 2.03. The van der Waals surface area contributed by atoms with E-state index in [9.17, 15) is 5.11 Å². The molecule has 1 saturated heterocycles. The molecule has 2 unspecified atom stereocenters. The molecule has 102 valence electrons. The molecule has 0 spiro atoms. The lowest BCUT2D eigenvalue weighted by atomic mass is 10.0. The minimum atomic E-state index is -0.281. The van der Waals surface area contributed by atoms with E-state index < -0.39 is 0 Å². The molecule has 0 radical (unpaired) electrons. The Labute approximate surface area is 115 Å². The number of anilines is 2. The van der Waals surface area contributed by atoms with E-state index in [1.54, 1.807) is 11.3 Å². The van der Waals surface area contributed by atoms with Crippen LogP contribution in [0.5, 0.6) is 0 Å². The molecule has 3 heterocycles. The Bertz CT molecular complexity index is 585. The number of fused-ring (bicyclic) bond motifs is 1. The average Bonchev–Trinajstić information content (AvgIpc) is 3.06. The van der Waals surface area contributed by atoms with Crippen molar-refractivity contribution in [1.29, 1.82) is 0 Å². The summed E-state index contributed by atoms with van der Waals surface area (Å²) >= 11 is 1.57. The maximum atomic E-state index is 9.70. The predicted octanol–water partition coefficient (Wildman–Crippen LogP) is 1.18. The summed E-state index contributed by atoms with van der Waals surface area (Å²) in [5.74, 6) is 7.07. The summed E-state index contributed by atoms with van der Waals surface area (Å²) in [5, 5.41) is 12.8. The first-order valence-electron chi connectivity index (χ1n) is 6.34. The normalized spacial score (nSPS) is 21.0. The zero-order valence-corrected chi connectivity index (χ0v) is 11.5. The Morgan fingerprint density at radius 3 is 3.11 bits per heavy atom. The third-order valence-electron chi connectivity index (χ3n) is 3.64. The van der Waals surface area contributed by atoms with Crippen molar-refractivity contribution in [3.8, 4) is 0 Å². The Morgan fingerprint density at radius 1 is 1.58 bits per heavy atom. The van der Waals surface area contributed by atoms with Gasteiger partial charge in [-0.25, -0.2) is 10.8 Å². The highest BCUT2D eigenvalue weighted by Gasteiger charge is 2.28. The highest BCUT2D eigenvalue weighted by atomic mass is 32.1. The largest absolute Gasteiger partial charge is 0.393 e. The highest BCUT2D eigenvalue weighted by molar-refractivity contribution is 7.16. The van der Waals surface area contributed by atoms with Crippen molar-refractivity contribution in [3.63, 3.8) is 0 Å². The van der Waals surface area contributed by atoms with E-state index in [0.717, 1.165) is 35.5 Å². The van der Waals surface area contributed by atoms with Gasteiger partial charge in [0.25, 0.3) is 0 Å². The van der Waals surface area contributed by atoms with Crippen molar-refractivity contribution in [3.05, 3.63) is 11.4 Å². The van der Waals surface area contributed by atoms with Gasteiger partial charge in [-0.3, -0.25) is 5.43 Å². The number of nitrogen functional groups attached to an aromatic ring is 1. The molecule has 0 aliphatic carbocycles. The Hall–Kier alpha value is -1.44. The van der Waals surface area contributed by atoms with Gasteiger partial charge >= 0.3 is 0 Å². The fourth-order valence-corrected chi connectivity index (χ4v) is 3.28. The first kappa shape index (κ1) is 12.6. The summed E-state index contributed by atoms with van der Waals surface area (Å²) < 4.78 is 0. The van der Waals surface area contributed by atoms with Gasteiger partial charge in [0.05, 0.1) is 11.5 Å². The van der Waals surface area contributed by atoms with Crippen LogP contribution in [-0.4, -0.2) is 34.3 Å². The van der Waals surface area contributed by atoms with Crippen LogP contribution in [0.15, 0.2) is 11.4 Å². The van der Waals surface area contributed by atoms with Crippen LogP contribution in [0.2, 0.25) is 0 Å². The van der Waals surface area contributed by atoms with Gasteiger partial charge in [0.1, 0.15) is 10.6 Å². The molecule has 7 heteroatoms. The number of hydrogen-bond donors (Lipinski definition) is 3. The highest BCUT2D eigenvalue weighted by Crippen LogP contribution is 2.32. The summed E-state index contributed by atoms with van der Waals surface area (Å²) in [7, 11) is 0. The molecule has 1 aliphatic rings. The molecule has 1 aliphatic heterocycles. The number of nitrogens with zero attached hydrogens (tertiary/aromatic N) is 3. The monoisotopic (exact) mass is 279 g/mol. The SMILES string of the molecule is CC(O)C1CCN(c2nc(NN)nc3sccc23)C1. The van der Waals surface area contributed by atoms with Crippen molar-refractivity contribution < 1.29 is 5.11 Å². The number of nitrogens with two attached hydrogens (primary N) is 1. The van der Waals surface area contributed by atoms with E-state index in [4.69, 9.17) is 5.84 Å². The van der Waals surface area contributed by atoms with Gasteiger partial charge in [-0.15, -0.1) is 11.3 Å². The van der Waals surface area contributed by atoms with Crippen LogP contribution >= 0.6 is 11.3 Å². The minimum absolute atomic E-state index is 0.281. The number of aromatic nitrogens is 2. The third kappa shape index (κ3) is 2.24. The molecular weight excluding hydrogens is 262 g/mol. The second-order valence-corrected chi connectivity index (χ2v) is 5.78. The van der Waals surface area contributed by atoms with Crippen LogP contribution < -0.4 is 16.2 Å². The topological polar surface area (TPSA) is 87.3 Å².